The smallest absolute Gasteiger partial charge is 0.323 e. The average molecular weight is 403 g/mol. The summed E-state index contributed by atoms with van der Waals surface area (Å²) in [5, 5.41) is 15.1. The summed E-state index contributed by atoms with van der Waals surface area (Å²) >= 11 is 2.88. The summed E-state index contributed by atoms with van der Waals surface area (Å²) in [6.07, 6.45) is 3.89. The van der Waals surface area contributed by atoms with Gasteiger partial charge in [0.1, 0.15) is 17.9 Å². The highest BCUT2D eigenvalue weighted by atomic mass is 32.2. The highest BCUT2D eigenvalue weighted by Gasteiger charge is 2.18. The van der Waals surface area contributed by atoms with Crippen LogP contribution in [0.3, 0.4) is 0 Å². The Bertz CT molecular complexity index is 995. The molecule has 0 saturated carbocycles. The van der Waals surface area contributed by atoms with Crippen LogP contribution < -0.4 is 11.0 Å². The lowest BCUT2D eigenvalue weighted by molar-refractivity contribution is -0.117. The van der Waals surface area contributed by atoms with Crippen molar-refractivity contribution in [2.75, 3.05) is 5.32 Å². The molecule has 0 spiro atoms. The van der Waals surface area contributed by atoms with Gasteiger partial charge in [-0.25, -0.2) is 9.48 Å². The Labute approximate surface area is 163 Å². The van der Waals surface area contributed by atoms with E-state index in [9.17, 15) is 9.59 Å². The van der Waals surface area contributed by atoms with E-state index in [4.69, 9.17) is 0 Å². The summed E-state index contributed by atoms with van der Waals surface area (Å²) in [5.74, 6) is 0.494. The van der Waals surface area contributed by atoms with Crippen LogP contribution in [0, 0.1) is 0 Å². The monoisotopic (exact) mass is 402 g/mol. The van der Waals surface area contributed by atoms with E-state index in [1.54, 1.807) is 10.1 Å². The van der Waals surface area contributed by atoms with Gasteiger partial charge >= 0.3 is 5.69 Å². The summed E-state index contributed by atoms with van der Waals surface area (Å²) in [7, 11) is 0. The number of hydrogen-bond acceptors (Lipinski definition) is 7. The number of rotatable bonds is 5. The van der Waals surface area contributed by atoms with Gasteiger partial charge in [-0.05, 0) is 25.0 Å². The summed E-state index contributed by atoms with van der Waals surface area (Å²) in [4.78, 5) is 25.9. The number of amides is 1. The van der Waals surface area contributed by atoms with Crippen LogP contribution in [0.5, 0.6) is 0 Å². The van der Waals surface area contributed by atoms with Crippen LogP contribution in [0.1, 0.15) is 25.1 Å². The third-order valence-corrected chi connectivity index (χ3v) is 6.13. The van der Waals surface area contributed by atoms with Crippen molar-refractivity contribution < 1.29 is 4.79 Å². The van der Waals surface area contributed by atoms with Crippen molar-refractivity contribution in [3.8, 4) is 0 Å². The van der Waals surface area contributed by atoms with Gasteiger partial charge < -0.3 is 5.32 Å². The molecule has 1 N–H and O–H groups in total. The first-order valence-electron chi connectivity index (χ1n) is 8.70. The second-order valence-corrected chi connectivity index (χ2v) is 8.29. The molecule has 1 aliphatic heterocycles. The normalized spacial score (nSPS) is 13.8. The molecule has 0 aliphatic carbocycles. The molecule has 10 heteroatoms. The molecule has 1 aromatic carbocycles. The molecule has 4 rings (SSSR count). The molecule has 0 unspecified atom stereocenters. The number of fused-ring (bicyclic) bond motifs is 1. The second kappa shape index (κ2) is 8.05. The lowest BCUT2D eigenvalue weighted by atomic mass is 10.2. The first kappa shape index (κ1) is 17.9. The van der Waals surface area contributed by atoms with Gasteiger partial charge in [0, 0.05) is 17.9 Å². The zero-order chi connectivity index (χ0) is 18.6. The Morgan fingerprint density at radius 3 is 3.00 bits per heavy atom. The number of carbonyl (C=O) groups is 1. The van der Waals surface area contributed by atoms with Crippen LogP contribution in [-0.4, -0.2) is 30.5 Å². The third kappa shape index (κ3) is 4.11. The first-order valence-corrected chi connectivity index (χ1v) is 10.4. The van der Waals surface area contributed by atoms with Crippen molar-refractivity contribution in [3.05, 3.63) is 46.1 Å². The van der Waals surface area contributed by atoms with Crippen LogP contribution in [0.15, 0.2) is 43.8 Å². The van der Waals surface area contributed by atoms with E-state index in [0.29, 0.717) is 12.2 Å². The maximum atomic E-state index is 12.5. The minimum atomic E-state index is -0.282. The van der Waals surface area contributed by atoms with E-state index < -0.39 is 0 Å². The number of aryl methyl sites for hydroxylation is 1. The van der Waals surface area contributed by atoms with Gasteiger partial charge in [-0.3, -0.25) is 9.36 Å². The Kier molecular flexibility index (Phi) is 5.35. The number of para-hydroxylation sites is 1. The fraction of sp³-hybridized carbons (Fsp3) is 0.353. The van der Waals surface area contributed by atoms with Crippen molar-refractivity contribution in [2.24, 2.45) is 0 Å². The zero-order valence-corrected chi connectivity index (χ0v) is 16.1. The van der Waals surface area contributed by atoms with Gasteiger partial charge in [-0.1, -0.05) is 41.7 Å². The maximum absolute atomic E-state index is 12.5. The molecule has 8 nitrogen and oxygen atoms in total. The summed E-state index contributed by atoms with van der Waals surface area (Å²) < 4.78 is 3.75. The fourth-order valence-corrected chi connectivity index (χ4v) is 4.54. The van der Waals surface area contributed by atoms with Gasteiger partial charge in [-0.2, -0.15) is 5.10 Å². The summed E-state index contributed by atoms with van der Waals surface area (Å²) in [6.45, 7) is 0.577. The topological polar surface area (TPSA) is 94.7 Å². The van der Waals surface area contributed by atoms with Crippen molar-refractivity contribution in [3.63, 3.8) is 0 Å². The van der Waals surface area contributed by atoms with E-state index in [-0.39, 0.29) is 18.1 Å². The molecule has 1 aliphatic rings. The van der Waals surface area contributed by atoms with Crippen LogP contribution in [-0.2, 0) is 24.3 Å². The second-order valence-electron chi connectivity index (χ2n) is 6.17. The van der Waals surface area contributed by atoms with Gasteiger partial charge in [0.2, 0.25) is 5.91 Å². The van der Waals surface area contributed by atoms with E-state index >= 15 is 0 Å². The molecule has 0 saturated heterocycles. The van der Waals surface area contributed by atoms with E-state index in [1.807, 2.05) is 24.3 Å². The highest BCUT2D eigenvalue weighted by Crippen LogP contribution is 2.33. The van der Waals surface area contributed by atoms with Gasteiger partial charge in [-0.15, -0.1) is 10.2 Å². The number of nitrogens with one attached hydrogen (secondary N) is 1. The number of aromatic nitrogens is 5. The number of benzene rings is 1. The fourth-order valence-electron chi connectivity index (χ4n) is 3.01. The number of nitrogens with zero attached hydrogens (tertiary/aromatic N) is 5. The molecule has 140 valence electrons. The third-order valence-electron chi connectivity index (χ3n) is 4.27. The minimum absolute atomic E-state index is 0.101. The zero-order valence-electron chi connectivity index (χ0n) is 14.5. The Hall–Kier alpha value is -2.46. The van der Waals surface area contributed by atoms with Crippen LogP contribution >= 0.6 is 23.1 Å². The Morgan fingerprint density at radius 1 is 1.26 bits per heavy atom. The van der Waals surface area contributed by atoms with Crippen LogP contribution in [0.4, 0.5) is 5.69 Å². The standard InChI is InChI=1S/C17H18N6O2S2/c24-15(10-23-17(25)22-9-5-1-2-8-14(22)21-23)19-12-6-3-4-7-13(12)27-16-20-18-11-26-16/h3-4,6-7,11H,1-2,5,8-10H2,(H,19,24). The lowest BCUT2D eigenvalue weighted by Crippen LogP contribution is -2.30. The summed E-state index contributed by atoms with van der Waals surface area (Å²) in [5.41, 5.74) is 2.13. The van der Waals surface area contributed by atoms with Crippen molar-refractivity contribution in [1.29, 1.82) is 0 Å². The maximum Gasteiger partial charge on any atom is 0.346 e. The van der Waals surface area contributed by atoms with Gasteiger partial charge in [0.25, 0.3) is 0 Å². The van der Waals surface area contributed by atoms with E-state index in [2.05, 4.69) is 20.6 Å². The molecule has 0 radical (unpaired) electrons. The highest BCUT2D eigenvalue weighted by molar-refractivity contribution is 8.01. The predicted molar refractivity (Wildman–Crippen MR) is 103 cm³/mol. The van der Waals surface area contributed by atoms with Gasteiger partial charge in [0.15, 0.2) is 4.34 Å². The van der Waals surface area contributed by atoms with E-state index in [1.165, 1.54) is 27.8 Å². The summed E-state index contributed by atoms with van der Waals surface area (Å²) in [6, 6.07) is 7.49. The van der Waals surface area contributed by atoms with E-state index in [0.717, 1.165) is 40.7 Å². The molecule has 3 heterocycles. The number of hydrogen-bond donors (Lipinski definition) is 1. The van der Waals surface area contributed by atoms with Crippen LogP contribution in [0.2, 0.25) is 0 Å². The average Bonchev–Trinajstić information content (AvgIpc) is 3.19. The molecule has 0 bridgehead atoms. The molecule has 0 atom stereocenters. The number of anilines is 1. The van der Waals surface area contributed by atoms with Crippen molar-refractivity contribution in [2.45, 2.75) is 48.0 Å². The van der Waals surface area contributed by atoms with Crippen LogP contribution in [0.25, 0.3) is 0 Å². The largest absolute Gasteiger partial charge is 0.346 e. The first-order chi connectivity index (χ1) is 13.2. The Morgan fingerprint density at radius 2 is 2.15 bits per heavy atom. The van der Waals surface area contributed by atoms with Gasteiger partial charge in [0.05, 0.1) is 5.69 Å². The Balaban J connectivity index is 1.48. The number of carbonyl (C=O) groups excluding carboxylic acids is 1. The lowest BCUT2D eigenvalue weighted by Gasteiger charge is -2.09. The molecular formula is C17H18N6O2S2. The minimum Gasteiger partial charge on any atom is -0.323 e. The molecule has 1 amide bonds. The predicted octanol–water partition coefficient (Wildman–Crippen LogP) is 2.41. The molecule has 2 aromatic heterocycles. The molecular weight excluding hydrogens is 384 g/mol. The quantitative estimate of drug-likeness (QED) is 0.704. The SMILES string of the molecule is O=C(Cn1nc2n(c1=O)CCCCC2)Nc1ccccc1Sc1nncs1. The molecule has 3 aromatic rings. The van der Waals surface area contributed by atoms with Crippen molar-refractivity contribution in [1.82, 2.24) is 24.5 Å². The molecule has 27 heavy (non-hydrogen) atoms. The van der Waals surface area contributed by atoms with Crippen molar-refractivity contribution >= 4 is 34.7 Å². The molecule has 0 fully saturated rings.